The lowest BCUT2D eigenvalue weighted by molar-refractivity contribution is -0.130. The first kappa shape index (κ1) is 20.8. The minimum absolute atomic E-state index is 0.00218. The zero-order chi connectivity index (χ0) is 19.7. The first-order valence-corrected chi connectivity index (χ1v) is 9.50. The Morgan fingerprint density at radius 3 is 2.58 bits per heavy atom. The number of rotatable bonds is 5. The SMILES string of the molecule is O=C(CC1CCC(=O)N1Cc1cccc(Cl)c1Cl)NS(=O)(=O)C(F)(F)F. The maximum Gasteiger partial charge on any atom is 0.516 e. The monoisotopic (exact) mass is 432 g/mol. The van der Waals surface area contributed by atoms with E-state index in [1.807, 2.05) is 0 Å². The van der Waals surface area contributed by atoms with Gasteiger partial charge in [-0.3, -0.25) is 9.59 Å². The van der Waals surface area contributed by atoms with Crippen molar-refractivity contribution in [3.63, 3.8) is 0 Å². The van der Waals surface area contributed by atoms with Gasteiger partial charge in [-0.2, -0.15) is 21.6 Å². The van der Waals surface area contributed by atoms with Crippen molar-refractivity contribution >= 4 is 45.0 Å². The lowest BCUT2D eigenvalue weighted by Gasteiger charge is -2.25. The van der Waals surface area contributed by atoms with Gasteiger partial charge in [0.25, 0.3) is 0 Å². The number of amides is 2. The maximum atomic E-state index is 12.3. The van der Waals surface area contributed by atoms with Crippen LogP contribution in [-0.2, 0) is 26.2 Å². The summed E-state index contributed by atoms with van der Waals surface area (Å²) in [4.78, 5) is 25.0. The number of benzene rings is 1. The van der Waals surface area contributed by atoms with Gasteiger partial charge in [0, 0.05) is 25.4 Å². The van der Waals surface area contributed by atoms with Crippen LogP contribution in [0, 0.1) is 0 Å². The van der Waals surface area contributed by atoms with Gasteiger partial charge in [-0.15, -0.1) is 0 Å². The average Bonchev–Trinajstić information content (AvgIpc) is 2.83. The van der Waals surface area contributed by atoms with E-state index in [9.17, 15) is 31.2 Å². The molecule has 6 nitrogen and oxygen atoms in total. The van der Waals surface area contributed by atoms with Gasteiger partial charge in [0.05, 0.1) is 10.0 Å². The summed E-state index contributed by atoms with van der Waals surface area (Å²) >= 11 is 12.0. The van der Waals surface area contributed by atoms with E-state index >= 15 is 0 Å². The molecule has 0 spiro atoms. The summed E-state index contributed by atoms with van der Waals surface area (Å²) < 4.78 is 59.9. The molecule has 0 radical (unpaired) electrons. The maximum absolute atomic E-state index is 12.3. The second kappa shape index (κ2) is 7.61. The Hall–Kier alpha value is -1.52. The van der Waals surface area contributed by atoms with Crippen LogP contribution in [-0.4, -0.2) is 36.7 Å². The summed E-state index contributed by atoms with van der Waals surface area (Å²) in [6, 6.07) is 4.03. The van der Waals surface area contributed by atoms with Gasteiger partial charge in [0.2, 0.25) is 11.8 Å². The van der Waals surface area contributed by atoms with Gasteiger partial charge in [-0.05, 0) is 18.1 Å². The molecule has 0 aromatic heterocycles. The van der Waals surface area contributed by atoms with Crippen molar-refractivity contribution in [2.75, 3.05) is 0 Å². The number of nitrogens with one attached hydrogen (secondary N) is 1. The third-order valence-corrected chi connectivity index (χ3v) is 5.76. The summed E-state index contributed by atoms with van der Waals surface area (Å²) in [6.07, 6.45) is -0.294. The molecule has 1 aliphatic heterocycles. The smallest absolute Gasteiger partial charge is 0.335 e. The second-order valence-corrected chi connectivity index (χ2v) is 8.06. The van der Waals surface area contributed by atoms with Gasteiger partial charge in [0.15, 0.2) is 0 Å². The quantitative estimate of drug-likeness (QED) is 0.775. The molecule has 1 saturated heterocycles. The molecular weight excluding hydrogens is 420 g/mol. The van der Waals surface area contributed by atoms with Crippen LogP contribution >= 0.6 is 23.2 Å². The molecular formula is C14H13Cl2F3N2O4S. The van der Waals surface area contributed by atoms with Gasteiger partial charge in [0.1, 0.15) is 0 Å². The summed E-state index contributed by atoms with van der Waals surface area (Å²) in [7, 11) is -5.78. The second-order valence-electron chi connectivity index (χ2n) is 5.61. The van der Waals surface area contributed by atoms with E-state index in [0.717, 1.165) is 4.72 Å². The van der Waals surface area contributed by atoms with Crippen molar-refractivity contribution in [2.45, 2.75) is 37.4 Å². The molecule has 144 valence electrons. The van der Waals surface area contributed by atoms with Crippen LogP contribution in [0.1, 0.15) is 24.8 Å². The highest BCUT2D eigenvalue weighted by atomic mass is 35.5. The van der Waals surface area contributed by atoms with E-state index in [-0.39, 0.29) is 35.3 Å². The first-order valence-electron chi connectivity index (χ1n) is 7.26. The number of hydrogen-bond acceptors (Lipinski definition) is 4. The van der Waals surface area contributed by atoms with Crippen LogP contribution in [0.5, 0.6) is 0 Å². The fourth-order valence-electron chi connectivity index (χ4n) is 2.54. The Balaban J connectivity index is 2.10. The van der Waals surface area contributed by atoms with E-state index in [1.165, 1.54) is 4.90 Å². The number of alkyl halides is 3. The topological polar surface area (TPSA) is 83.6 Å². The minimum Gasteiger partial charge on any atom is -0.335 e. The molecule has 1 aromatic carbocycles. The first-order chi connectivity index (χ1) is 11.9. The van der Waals surface area contributed by atoms with Gasteiger partial charge in [-0.25, -0.2) is 4.72 Å². The molecule has 0 saturated carbocycles. The molecule has 26 heavy (non-hydrogen) atoms. The van der Waals surface area contributed by atoms with Crippen LogP contribution in [0.15, 0.2) is 18.2 Å². The van der Waals surface area contributed by atoms with Crippen molar-refractivity contribution in [3.05, 3.63) is 33.8 Å². The number of carbonyl (C=O) groups is 2. The molecule has 1 aromatic rings. The zero-order valence-corrected chi connectivity index (χ0v) is 15.3. The largest absolute Gasteiger partial charge is 0.516 e. The molecule has 0 aliphatic carbocycles. The van der Waals surface area contributed by atoms with Crippen LogP contribution in [0.3, 0.4) is 0 Å². The summed E-state index contributed by atoms with van der Waals surface area (Å²) in [5, 5.41) is 0.484. The normalized spacial score (nSPS) is 18.3. The van der Waals surface area contributed by atoms with E-state index in [1.54, 1.807) is 18.2 Å². The number of hydrogen-bond donors (Lipinski definition) is 1. The molecule has 2 rings (SSSR count). The predicted molar refractivity (Wildman–Crippen MR) is 87.8 cm³/mol. The van der Waals surface area contributed by atoms with E-state index in [2.05, 4.69) is 0 Å². The van der Waals surface area contributed by atoms with Crippen molar-refractivity contribution in [3.8, 4) is 0 Å². The fraction of sp³-hybridized carbons (Fsp3) is 0.429. The summed E-state index contributed by atoms with van der Waals surface area (Å²) in [5.41, 5.74) is -5.09. The number of halogens is 5. The summed E-state index contributed by atoms with van der Waals surface area (Å²) in [6.45, 7) is 0.00218. The van der Waals surface area contributed by atoms with Gasteiger partial charge in [-0.1, -0.05) is 35.3 Å². The Kier molecular flexibility index (Phi) is 6.09. The van der Waals surface area contributed by atoms with Crippen LogP contribution in [0.4, 0.5) is 13.2 Å². The van der Waals surface area contributed by atoms with Crippen molar-refractivity contribution in [1.29, 1.82) is 0 Å². The van der Waals surface area contributed by atoms with Crippen molar-refractivity contribution in [2.24, 2.45) is 0 Å². The highest BCUT2D eigenvalue weighted by molar-refractivity contribution is 7.90. The molecule has 1 atom stereocenters. The Bertz CT molecular complexity index is 830. The molecule has 2 amide bonds. The third-order valence-electron chi connectivity index (χ3n) is 3.80. The van der Waals surface area contributed by atoms with Crippen LogP contribution < -0.4 is 4.72 Å². The lowest BCUT2D eigenvalue weighted by atomic mass is 10.1. The van der Waals surface area contributed by atoms with E-state index < -0.39 is 33.9 Å². The molecule has 12 heteroatoms. The average molecular weight is 433 g/mol. The van der Waals surface area contributed by atoms with Crippen LogP contribution in [0.25, 0.3) is 0 Å². The number of carbonyl (C=O) groups excluding carboxylic acids is 2. The highest BCUT2D eigenvalue weighted by Gasteiger charge is 2.47. The number of likely N-dealkylation sites (tertiary alicyclic amines) is 1. The Labute approximate surface area is 157 Å². The molecule has 1 aliphatic rings. The zero-order valence-electron chi connectivity index (χ0n) is 13.0. The highest BCUT2D eigenvalue weighted by Crippen LogP contribution is 2.30. The molecule has 1 fully saturated rings. The number of sulfonamides is 1. The molecule has 0 bridgehead atoms. The third kappa shape index (κ3) is 4.60. The fourth-order valence-corrected chi connectivity index (χ4v) is 3.42. The Morgan fingerprint density at radius 1 is 1.31 bits per heavy atom. The van der Waals surface area contributed by atoms with Gasteiger partial charge >= 0.3 is 15.5 Å². The molecule has 1 heterocycles. The van der Waals surface area contributed by atoms with Crippen molar-refractivity contribution in [1.82, 2.24) is 9.62 Å². The van der Waals surface area contributed by atoms with E-state index in [4.69, 9.17) is 23.2 Å². The standard InChI is InChI=1S/C14H13Cl2F3N2O4S/c15-10-3-1-2-8(13(10)16)7-21-9(4-5-12(21)23)6-11(22)20-26(24,25)14(17,18)19/h1-3,9H,4-7H2,(H,20,22). The Morgan fingerprint density at radius 2 is 1.96 bits per heavy atom. The van der Waals surface area contributed by atoms with E-state index in [0.29, 0.717) is 5.56 Å². The number of nitrogens with zero attached hydrogens (tertiary/aromatic N) is 1. The predicted octanol–water partition coefficient (Wildman–Crippen LogP) is 2.84. The van der Waals surface area contributed by atoms with Crippen LogP contribution in [0.2, 0.25) is 10.0 Å². The van der Waals surface area contributed by atoms with Crippen molar-refractivity contribution < 1.29 is 31.2 Å². The van der Waals surface area contributed by atoms with Gasteiger partial charge < -0.3 is 4.90 Å². The molecule has 1 unspecified atom stereocenters. The molecule has 1 N–H and O–H groups in total. The summed E-state index contributed by atoms with van der Waals surface area (Å²) in [5.74, 6) is -1.67. The minimum atomic E-state index is -5.78. The lowest BCUT2D eigenvalue weighted by Crippen LogP contribution is -2.43.